The topological polar surface area (TPSA) is 58.9 Å². The zero-order chi connectivity index (χ0) is 10.8. The molecule has 0 bridgehead atoms. The summed E-state index contributed by atoms with van der Waals surface area (Å²) in [4.78, 5) is 14.2. The summed E-state index contributed by atoms with van der Waals surface area (Å²) < 4.78 is 0. The number of rotatable bonds is 3. The number of benzene rings is 1. The van der Waals surface area contributed by atoms with Crippen LogP contribution in [-0.4, -0.2) is 10.9 Å². The smallest absolute Gasteiger partial charge is 0.248 e. The third kappa shape index (κ3) is 1.73. The van der Waals surface area contributed by atoms with Crippen molar-refractivity contribution in [2.45, 2.75) is 19.8 Å². The first-order chi connectivity index (χ1) is 7.22. The van der Waals surface area contributed by atoms with E-state index in [9.17, 15) is 4.79 Å². The highest BCUT2D eigenvalue weighted by Gasteiger charge is 2.06. The van der Waals surface area contributed by atoms with Crippen LogP contribution in [0.25, 0.3) is 10.9 Å². The van der Waals surface area contributed by atoms with E-state index in [-0.39, 0.29) is 5.91 Å². The molecule has 78 valence electrons. The van der Waals surface area contributed by atoms with Gasteiger partial charge in [0, 0.05) is 22.7 Å². The normalized spacial score (nSPS) is 10.7. The molecule has 2 aromatic rings. The van der Waals surface area contributed by atoms with Crippen molar-refractivity contribution in [3.8, 4) is 0 Å². The molecular formula is C12H14N2O. The summed E-state index contributed by atoms with van der Waals surface area (Å²) in [7, 11) is 0. The largest absolute Gasteiger partial charge is 0.366 e. The molecule has 0 radical (unpaired) electrons. The van der Waals surface area contributed by atoms with E-state index < -0.39 is 0 Å². The first kappa shape index (κ1) is 9.77. The maximum absolute atomic E-state index is 11.0. The van der Waals surface area contributed by atoms with Crippen LogP contribution in [0.2, 0.25) is 0 Å². The molecular weight excluding hydrogens is 188 g/mol. The van der Waals surface area contributed by atoms with Crippen LogP contribution in [0.5, 0.6) is 0 Å². The molecule has 0 aliphatic rings. The monoisotopic (exact) mass is 202 g/mol. The fourth-order valence-electron chi connectivity index (χ4n) is 1.81. The molecule has 0 unspecified atom stereocenters. The minimum absolute atomic E-state index is 0.374. The molecule has 3 nitrogen and oxygen atoms in total. The van der Waals surface area contributed by atoms with E-state index >= 15 is 0 Å². The van der Waals surface area contributed by atoms with E-state index in [0.717, 1.165) is 23.7 Å². The molecule has 3 heteroatoms. The van der Waals surface area contributed by atoms with E-state index in [1.165, 1.54) is 5.56 Å². The lowest BCUT2D eigenvalue weighted by Crippen LogP contribution is -2.10. The summed E-state index contributed by atoms with van der Waals surface area (Å²) >= 11 is 0. The third-order valence-electron chi connectivity index (χ3n) is 2.57. The summed E-state index contributed by atoms with van der Waals surface area (Å²) in [6, 6.07) is 5.50. The SMILES string of the molecule is CCCc1c[nH]c2ccc(C(N)=O)cc12. The Balaban J connectivity index is 2.56. The predicted molar refractivity (Wildman–Crippen MR) is 60.8 cm³/mol. The van der Waals surface area contributed by atoms with Crippen molar-refractivity contribution in [2.24, 2.45) is 5.73 Å². The highest BCUT2D eigenvalue weighted by Crippen LogP contribution is 2.20. The summed E-state index contributed by atoms with van der Waals surface area (Å²) in [6.07, 6.45) is 4.11. The highest BCUT2D eigenvalue weighted by molar-refractivity contribution is 5.97. The van der Waals surface area contributed by atoms with Crippen LogP contribution in [0.15, 0.2) is 24.4 Å². The van der Waals surface area contributed by atoms with Crippen LogP contribution in [0.3, 0.4) is 0 Å². The Morgan fingerprint density at radius 3 is 2.93 bits per heavy atom. The lowest BCUT2D eigenvalue weighted by Gasteiger charge is -1.98. The van der Waals surface area contributed by atoms with Crippen molar-refractivity contribution >= 4 is 16.8 Å². The first-order valence-corrected chi connectivity index (χ1v) is 5.12. The summed E-state index contributed by atoms with van der Waals surface area (Å²) in [5.41, 5.74) is 8.12. The number of primary amides is 1. The van der Waals surface area contributed by atoms with Crippen LogP contribution < -0.4 is 5.73 Å². The van der Waals surface area contributed by atoms with Crippen LogP contribution in [0, 0.1) is 0 Å². The molecule has 0 spiro atoms. The Kier molecular flexibility index (Phi) is 2.46. The summed E-state index contributed by atoms with van der Waals surface area (Å²) in [6.45, 7) is 2.14. The van der Waals surface area contributed by atoms with Gasteiger partial charge in [0.05, 0.1) is 0 Å². The molecule has 1 heterocycles. The Morgan fingerprint density at radius 2 is 2.27 bits per heavy atom. The van der Waals surface area contributed by atoms with Gasteiger partial charge >= 0.3 is 0 Å². The number of hydrogen-bond donors (Lipinski definition) is 2. The van der Waals surface area contributed by atoms with Gasteiger partial charge in [-0.2, -0.15) is 0 Å². The lowest BCUT2D eigenvalue weighted by atomic mass is 10.1. The molecule has 0 atom stereocenters. The molecule has 1 aromatic heterocycles. The Bertz CT molecular complexity index is 499. The number of fused-ring (bicyclic) bond motifs is 1. The molecule has 0 saturated carbocycles. The van der Waals surface area contributed by atoms with Gasteiger partial charge in [-0.05, 0) is 30.2 Å². The minimum atomic E-state index is -0.374. The molecule has 2 rings (SSSR count). The van der Waals surface area contributed by atoms with Crippen molar-refractivity contribution in [1.29, 1.82) is 0 Å². The average Bonchev–Trinajstić information content (AvgIpc) is 2.61. The quantitative estimate of drug-likeness (QED) is 0.787. The number of aromatic amines is 1. The molecule has 1 aromatic carbocycles. The number of carbonyl (C=O) groups is 1. The molecule has 0 aliphatic carbocycles. The Labute approximate surface area is 88.3 Å². The van der Waals surface area contributed by atoms with Crippen LogP contribution in [0.4, 0.5) is 0 Å². The molecule has 15 heavy (non-hydrogen) atoms. The van der Waals surface area contributed by atoms with Crippen molar-refractivity contribution in [3.05, 3.63) is 35.5 Å². The Hall–Kier alpha value is -1.77. The van der Waals surface area contributed by atoms with Crippen molar-refractivity contribution < 1.29 is 4.79 Å². The number of nitrogens with one attached hydrogen (secondary N) is 1. The van der Waals surface area contributed by atoms with E-state index in [2.05, 4.69) is 11.9 Å². The van der Waals surface area contributed by atoms with Gasteiger partial charge in [0.2, 0.25) is 5.91 Å². The minimum Gasteiger partial charge on any atom is -0.366 e. The van der Waals surface area contributed by atoms with Crippen molar-refractivity contribution in [3.63, 3.8) is 0 Å². The van der Waals surface area contributed by atoms with Gasteiger partial charge in [0.15, 0.2) is 0 Å². The number of aryl methyl sites for hydroxylation is 1. The van der Waals surface area contributed by atoms with Crippen LogP contribution in [-0.2, 0) is 6.42 Å². The van der Waals surface area contributed by atoms with E-state index in [0.29, 0.717) is 5.56 Å². The van der Waals surface area contributed by atoms with Gasteiger partial charge in [0.25, 0.3) is 0 Å². The fraction of sp³-hybridized carbons (Fsp3) is 0.250. The molecule has 1 amide bonds. The maximum Gasteiger partial charge on any atom is 0.248 e. The lowest BCUT2D eigenvalue weighted by molar-refractivity contribution is 0.100. The summed E-state index contributed by atoms with van der Waals surface area (Å²) in [5, 5.41) is 1.10. The molecule has 0 fully saturated rings. The zero-order valence-electron chi connectivity index (χ0n) is 8.71. The van der Waals surface area contributed by atoms with Crippen LogP contribution >= 0.6 is 0 Å². The molecule has 0 saturated heterocycles. The second-order valence-corrected chi connectivity index (χ2v) is 3.69. The fourth-order valence-corrected chi connectivity index (χ4v) is 1.81. The second kappa shape index (κ2) is 3.77. The van der Waals surface area contributed by atoms with Gasteiger partial charge in [-0.3, -0.25) is 4.79 Å². The number of hydrogen-bond acceptors (Lipinski definition) is 1. The number of carbonyl (C=O) groups excluding carboxylic acids is 1. The van der Waals surface area contributed by atoms with Gasteiger partial charge in [-0.25, -0.2) is 0 Å². The van der Waals surface area contributed by atoms with E-state index in [1.54, 1.807) is 6.07 Å². The molecule has 3 N–H and O–H groups in total. The van der Waals surface area contributed by atoms with E-state index in [4.69, 9.17) is 5.73 Å². The van der Waals surface area contributed by atoms with Crippen molar-refractivity contribution in [1.82, 2.24) is 4.98 Å². The zero-order valence-corrected chi connectivity index (χ0v) is 8.71. The maximum atomic E-state index is 11.0. The van der Waals surface area contributed by atoms with Gasteiger partial charge in [-0.1, -0.05) is 13.3 Å². The summed E-state index contributed by atoms with van der Waals surface area (Å²) in [5.74, 6) is -0.374. The standard InChI is InChI=1S/C12H14N2O/c1-2-3-9-7-14-11-5-4-8(12(13)15)6-10(9)11/h4-7,14H,2-3H2,1H3,(H2,13,15). The number of H-pyrrole nitrogens is 1. The Morgan fingerprint density at radius 1 is 1.47 bits per heavy atom. The van der Waals surface area contributed by atoms with Gasteiger partial charge < -0.3 is 10.7 Å². The number of amides is 1. The van der Waals surface area contributed by atoms with E-state index in [1.807, 2.05) is 18.3 Å². The first-order valence-electron chi connectivity index (χ1n) is 5.12. The second-order valence-electron chi connectivity index (χ2n) is 3.69. The van der Waals surface area contributed by atoms with Crippen LogP contribution in [0.1, 0.15) is 29.3 Å². The predicted octanol–water partition coefficient (Wildman–Crippen LogP) is 2.22. The third-order valence-corrected chi connectivity index (χ3v) is 2.57. The highest BCUT2D eigenvalue weighted by atomic mass is 16.1. The van der Waals surface area contributed by atoms with Gasteiger partial charge in [-0.15, -0.1) is 0 Å². The van der Waals surface area contributed by atoms with Gasteiger partial charge in [0.1, 0.15) is 0 Å². The number of nitrogens with two attached hydrogens (primary N) is 1. The number of aromatic nitrogens is 1. The average molecular weight is 202 g/mol. The molecule has 0 aliphatic heterocycles. The van der Waals surface area contributed by atoms with Crippen molar-refractivity contribution in [2.75, 3.05) is 0 Å².